The summed E-state index contributed by atoms with van der Waals surface area (Å²) < 4.78 is 5.26. The van der Waals surface area contributed by atoms with Crippen LogP contribution in [0.5, 0.6) is 0 Å². The number of nitrogens with one attached hydrogen (secondary N) is 2. The van der Waals surface area contributed by atoms with Crippen molar-refractivity contribution in [3.63, 3.8) is 0 Å². The van der Waals surface area contributed by atoms with Crippen molar-refractivity contribution in [3.05, 3.63) is 35.4 Å². The van der Waals surface area contributed by atoms with E-state index < -0.39 is 35.7 Å². The van der Waals surface area contributed by atoms with Crippen molar-refractivity contribution >= 4 is 18.0 Å². The van der Waals surface area contributed by atoms with Crippen LogP contribution in [-0.2, 0) is 27.2 Å². The third kappa shape index (κ3) is 5.21. The molecule has 3 N–H and O–H groups in total. The minimum Gasteiger partial charge on any atom is -0.480 e. The summed E-state index contributed by atoms with van der Waals surface area (Å²) in [6.07, 6.45) is 0.563. The van der Waals surface area contributed by atoms with E-state index in [9.17, 15) is 14.4 Å². The second kappa shape index (κ2) is 7.76. The monoisotopic (exact) mass is 362 g/mol. The van der Waals surface area contributed by atoms with Crippen LogP contribution in [0.4, 0.5) is 4.79 Å². The first-order chi connectivity index (χ1) is 12.1. The summed E-state index contributed by atoms with van der Waals surface area (Å²) >= 11 is 0. The predicted molar refractivity (Wildman–Crippen MR) is 95.7 cm³/mol. The molecule has 2 unspecified atom stereocenters. The number of carbonyl (C=O) groups is 3. The lowest BCUT2D eigenvalue weighted by atomic mass is 9.95. The molecule has 0 radical (unpaired) electrons. The lowest BCUT2D eigenvalue weighted by molar-refractivity contribution is -0.141. The molecule has 7 heteroatoms. The lowest BCUT2D eigenvalue weighted by Gasteiger charge is -2.27. The first-order valence-corrected chi connectivity index (χ1v) is 8.66. The van der Waals surface area contributed by atoms with Crippen molar-refractivity contribution < 1.29 is 24.2 Å². The Bertz CT molecular complexity index is 670. The molecular formula is C19H26N2O5. The van der Waals surface area contributed by atoms with Crippen molar-refractivity contribution in [1.82, 2.24) is 10.6 Å². The Morgan fingerprint density at radius 1 is 1.12 bits per heavy atom. The highest BCUT2D eigenvalue weighted by Crippen LogP contribution is 2.29. The number of fused-ring (bicyclic) bond motifs is 1. The van der Waals surface area contributed by atoms with E-state index in [-0.39, 0.29) is 5.92 Å². The molecule has 2 atom stereocenters. The van der Waals surface area contributed by atoms with Crippen LogP contribution in [0, 0.1) is 5.92 Å². The minimum absolute atomic E-state index is 0.166. The van der Waals surface area contributed by atoms with Crippen LogP contribution in [0.25, 0.3) is 0 Å². The number of ether oxygens (including phenoxy) is 1. The second-order valence-corrected chi connectivity index (χ2v) is 7.63. The normalized spacial score (nSPS) is 16.3. The number of aliphatic carboxylic acids is 1. The van der Waals surface area contributed by atoms with Gasteiger partial charge in [-0.15, -0.1) is 0 Å². The maximum atomic E-state index is 12.7. The predicted octanol–water partition coefficient (Wildman–Crippen LogP) is 1.88. The van der Waals surface area contributed by atoms with Crippen molar-refractivity contribution in [3.8, 4) is 0 Å². The van der Waals surface area contributed by atoms with Crippen LogP contribution in [0.15, 0.2) is 24.3 Å². The standard InChI is InChI=1S/C19H26N2O5/c1-11(17(23)24)20-16(22)15(21-18(25)26-19(2,3)4)14-9-12-7-5-6-8-13(12)10-14/h5-8,11,14-15H,9-10H2,1-4H3,(H,20,22)(H,21,25)(H,23,24). The Labute approximate surface area is 153 Å². The molecule has 0 fully saturated rings. The second-order valence-electron chi connectivity index (χ2n) is 7.63. The molecule has 0 saturated carbocycles. The van der Waals surface area contributed by atoms with Crippen molar-refractivity contribution in [2.24, 2.45) is 5.92 Å². The summed E-state index contributed by atoms with van der Waals surface area (Å²) in [7, 11) is 0. The third-order valence-electron chi connectivity index (χ3n) is 4.24. The van der Waals surface area contributed by atoms with Crippen molar-refractivity contribution in [1.29, 1.82) is 0 Å². The van der Waals surface area contributed by atoms with Crippen LogP contribution < -0.4 is 10.6 Å². The summed E-state index contributed by atoms with van der Waals surface area (Å²) in [5, 5.41) is 14.1. The van der Waals surface area contributed by atoms with E-state index >= 15 is 0 Å². The fourth-order valence-electron chi connectivity index (χ4n) is 3.03. The van der Waals surface area contributed by atoms with E-state index in [2.05, 4.69) is 10.6 Å². The zero-order valence-electron chi connectivity index (χ0n) is 15.5. The Hall–Kier alpha value is -2.57. The van der Waals surface area contributed by atoms with Gasteiger partial charge in [-0.1, -0.05) is 24.3 Å². The molecule has 0 spiro atoms. The van der Waals surface area contributed by atoms with Gasteiger partial charge >= 0.3 is 12.1 Å². The van der Waals surface area contributed by atoms with Crippen LogP contribution in [0.3, 0.4) is 0 Å². The molecule has 1 aromatic rings. The third-order valence-corrected chi connectivity index (χ3v) is 4.24. The Balaban J connectivity index is 2.15. The van der Waals surface area contributed by atoms with Gasteiger partial charge < -0.3 is 20.5 Å². The van der Waals surface area contributed by atoms with Crippen LogP contribution in [0.1, 0.15) is 38.8 Å². The largest absolute Gasteiger partial charge is 0.480 e. The van der Waals surface area contributed by atoms with Gasteiger partial charge in [0.15, 0.2) is 0 Å². The highest BCUT2D eigenvalue weighted by Gasteiger charge is 2.36. The number of benzene rings is 1. The number of carboxylic acids is 1. The SMILES string of the molecule is CC(NC(=O)C(NC(=O)OC(C)(C)C)C1Cc2ccccc2C1)C(=O)O. The molecule has 26 heavy (non-hydrogen) atoms. The van der Waals surface area contributed by atoms with Gasteiger partial charge in [-0.2, -0.15) is 0 Å². The molecule has 0 aromatic heterocycles. The molecule has 0 heterocycles. The summed E-state index contributed by atoms with van der Waals surface area (Å²) in [5.41, 5.74) is 1.57. The zero-order chi connectivity index (χ0) is 19.5. The smallest absolute Gasteiger partial charge is 0.408 e. The van der Waals surface area contributed by atoms with Crippen molar-refractivity contribution in [2.45, 2.75) is 58.2 Å². The van der Waals surface area contributed by atoms with Gasteiger partial charge in [0.2, 0.25) is 5.91 Å². The molecule has 0 bridgehead atoms. The molecule has 2 rings (SSSR count). The van der Waals surface area contributed by atoms with Gasteiger partial charge in [0.1, 0.15) is 17.7 Å². The molecule has 7 nitrogen and oxygen atoms in total. The molecule has 0 saturated heterocycles. The minimum atomic E-state index is -1.14. The summed E-state index contributed by atoms with van der Waals surface area (Å²) in [4.78, 5) is 35.9. The Morgan fingerprint density at radius 2 is 1.65 bits per heavy atom. The fourth-order valence-corrected chi connectivity index (χ4v) is 3.03. The average Bonchev–Trinajstić information content (AvgIpc) is 2.94. The topological polar surface area (TPSA) is 105 Å². The van der Waals surface area contributed by atoms with E-state index in [1.54, 1.807) is 20.8 Å². The van der Waals surface area contributed by atoms with Gasteiger partial charge in [-0.25, -0.2) is 4.79 Å². The van der Waals surface area contributed by atoms with Gasteiger partial charge in [0, 0.05) is 0 Å². The lowest BCUT2D eigenvalue weighted by Crippen LogP contribution is -2.54. The molecule has 2 amide bonds. The summed E-state index contributed by atoms with van der Waals surface area (Å²) in [6, 6.07) is 5.94. The molecular weight excluding hydrogens is 336 g/mol. The summed E-state index contributed by atoms with van der Waals surface area (Å²) in [5.74, 6) is -1.83. The van der Waals surface area contributed by atoms with Gasteiger partial charge in [0.25, 0.3) is 0 Å². The number of rotatable bonds is 5. The highest BCUT2D eigenvalue weighted by atomic mass is 16.6. The molecule has 1 aliphatic carbocycles. The van der Waals surface area contributed by atoms with Crippen molar-refractivity contribution in [2.75, 3.05) is 0 Å². The first kappa shape index (κ1) is 19.8. The summed E-state index contributed by atoms with van der Waals surface area (Å²) in [6.45, 7) is 6.59. The molecule has 0 aliphatic heterocycles. The van der Waals surface area contributed by atoms with Crippen LogP contribution >= 0.6 is 0 Å². The number of amides is 2. The van der Waals surface area contributed by atoms with Gasteiger partial charge in [-0.05, 0) is 57.6 Å². The number of carbonyl (C=O) groups excluding carboxylic acids is 2. The van der Waals surface area contributed by atoms with E-state index in [1.807, 2.05) is 24.3 Å². The van der Waals surface area contributed by atoms with Crippen LogP contribution in [0.2, 0.25) is 0 Å². The number of hydrogen-bond donors (Lipinski definition) is 3. The number of hydrogen-bond acceptors (Lipinski definition) is 4. The average molecular weight is 362 g/mol. The first-order valence-electron chi connectivity index (χ1n) is 8.66. The maximum absolute atomic E-state index is 12.7. The van der Waals surface area contributed by atoms with Gasteiger partial charge in [0.05, 0.1) is 0 Å². The Morgan fingerprint density at radius 3 is 2.12 bits per heavy atom. The van der Waals surface area contributed by atoms with E-state index in [0.29, 0.717) is 12.8 Å². The molecule has 1 aliphatic rings. The fraction of sp³-hybridized carbons (Fsp3) is 0.526. The Kier molecular flexibility index (Phi) is 5.90. The van der Waals surface area contributed by atoms with Gasteiger partial charge in [-0.3, -0.25) is 9.59 Å². The van der Waals surface area contributed by atoms with E-state index in [1.165, 1.54) is 6.92 Å². The zero-order valence-corrected chi connectivity index (χ0v) is 15.5. The molecule has 142 valence electrons. The van der Waals surface area contributed by atoms with E-state index in [4.69, 9.17) is 9.84 Å². The highest BCUT2D eigenvalue weighted by molar-refractivity contribution is 5.89. The number of carboxylic acid groups (broad SMARTS) is 1. The quantitative estimate of drug-likeness (QED) is 0.742. The van der Waals surface area contributed by atoms with Crippen LogP contribution in [-0.4, -0.2) is 40.8 Å². The van der Waals surface area contributed by atoms with E-state index in [0.717, 1.165) is 11.1 Å². The molecule has 1 aromatic carbocycles. The number of alkyl carbamates (subject to hydrolysis) is 1. The maximum Gasteiger partial charge on any atom is 0.408 e.